The van der Waals surface area contributed by atoms with Crippen molar-refractivity contribution in [3.8, 4) is 0 Å². The van der Waals surface area contributed by atoms with Crippen molar-refractivity contribution < 1.29 is 106 Å². The summed E-state index contributed by atoms with van der Waals surface area (Å²) in [5.74, 6) is 3.50. The highest BCUT2D eigenvalue weighted by Crippen LogP contribution is 2.25. The van der Waals surface area contributed by atoms with Crippen molar-refractivity contribution in [2.24, 2.45) is 0 Å². The molecule has 5 unspecified atom stereocenters. The third-order valence-corrected chi connectivity index (χ3v) is 18.1. The van der Waals surface area contributed by atoms with Gasteiger partial charge >= 0.3 is 0 Å². The minimum absolute atomic E-state index is 0.0509. The number of amides is 1. The minimum atomic E-state index is -1.35. The number of thioether (sulfide) groups is 1. The minimum Gasteiger partial charge on any atom is -0.394 e. The van der Waals surface area contributed by atoms with E-state index in [4.69, 9.17) is 86.0 Å². The molecule has 1 aliphatic rings. The molecule has 0 aromatic heterocycles. The fourth-order valence-electron chi connectivity index (χ4n) is 9.52. The maximum Gasteiger partial charge on any atom is 0.217 e. The molecule has 95 heavy (non-hydrogen) atoms. The second kappa shape index (κ2) is 82.6. The van der Waals surface area contributed by atoms with E-state index < -0.39 is 43.2 Å². The largest absolute Gasteiger partial charge is 0.394 e. The first-order valence-electron chi connectivity index (χ1n) is 36.5. The van der Waals surface area contributed by atoms with E-state index in [0.29, 0.717) is 159 Å². The Morgan fingerprint density at radius 3 is 0.832 bits per heavy atom. The fourth-order valence-corrected chi connectivity index (χ4v) is 12.3. The molecule has 0 spiro atoms. The third-order valence-electron chi connectivity index (χ3n) is 14.8. The monoisotopic (exact) mass is 1430 g/mol. The summed E-state index contributed by atoms with van der Waals surface area (Å²) >= 11 is 1.94. The van der Waals surface area contributed by atoms with Crippen LogP contribution in [-0.4, -0.2) is 297 Å². The number of carbonyl (C=O) groups excluding carboxylic acids is 1. The van der Waals surface area contributed by atoms with Crippen molar-refractivity contribution in [2.45, 2.75) is 205 Å². The molecule has 1 aliphatic heterocycles. The predicted molar refractivity (Wildman–Crippen MR) is 380 cm³/mol. The van der Waals surface area contributed by atoms with E-state index in [-0.39, 0.29) is 26.4 Å². The Morgan fingerprint density at radius 2 is 0.568 bits per heavy atom. The second-order valence-electron chi connectivity index (χ2n) is 23.2. The summed E-state index contributed by atoms with van der Waals surface area (Å²) in [4.78, 5) is 11.4. The quantitative estimate of drug-likeness (QED) is 0.0245. The Labute approximate surface area is 587 Å². The van der Waals surface area contributed by atoms with Gasteiger partial charge in [-0.1, -0.05) is 150 Å². The molecule has 5 atom stereocenters. The van der Waals surface area contributed by atoms with E-state index in [2.05, 4.69) is 33.2 Å². The number of hydrogen-bond donors (Lipinski definition) is 6. The van der Waals surface area contributed by atoms with Crippen LogP contribution in [0.3, 0.4) is 0 Å². The van der Waals surface area contributed by atoms with Crippen LogP contribution < -0.4 is 5.32 Å². The topological polar surface area (TPSA) is 278 Å². The van der Waals surface area contributed by atoms with E-state index in [1.807, 2.05) is 11.8 Å². The van der Waals surface area contributed by atoms with E-state index in [1.165, 1.54) is 172 Å². The standard InChI is InChI=1S/C38H78O10S2.C31H61NO12S/c39-19-23-43-27-31-47-35-33-45-29-25-41-21-15-11-7-3-1-5-9-13-17-37-49-50-38-18-14-10-6-2-4-8-12-16-22-42-26-30-46-34-36-48-32-28-44-24-20-40;1-26(34)32-28-30(36)29(35)27(25-33)44-31(28)43-23-22-42-21-20-41-19-18-40-17-16-39-15-14-38-13-12-37-11-9-7-5-3-4-6-8-10-24-45-2/h39-40H,1-38H2;27-31,33,35-36H,3-25H2,1-2H3,(H,32,34). The number of unbranched alkanes of at least 4 members (excludes halogenated alkanes) is 23. The van der Waals surface area contributed by atoms with Crippen molar-refractivity contribution >= 4 is 39.3 Å². The lowest BCUT2D eigenvalue weighted by atomic mass is 9.97. The predicted octanol–water partition coefficient (Wildman–Crippen LogP) is 9.04. The Morgan fingerprint density at radius 1 is 0.326 bits per heavy atom. The highest BCUT2D eigenvalue weighted by molar-refractivity contribution is 8.76. The Balaban J connectivity index is 0.00000187. The summed E-state index contributed by atoms with van der Waals surface area (Å²) in [6.07, 6.45) is 31.9. The number of hydrogen-bond acceptors (Lipinski definition) is 25. The van der Waals surface area contributed by atoms with Gasteiger partial charge in [-0.2, -0.15) is 11.8 Å². The molecule has 1 saturated heterocycles. The summed E-state index contributed by atoms with van der Waals surface area (Å²) < 4.78 is 87.4. The number of aliphatic hydroxyl groups is 5. The Kier molecular flexibility index (Phi) is 82.4. The number of ether oxygens (including phenoxy) is 16. The molecule has 1 fully saturated rings. The zero-order chi connectivity index (χ0) is 68.7. The van der Waals surface area contributed by atoms with Crippen molar-refractivity contribution in [3.63, 3.8) is 0 Å². The zero-order valence-electron chi connectivity index (χ0n) is 59.4. The first-order chi connectivity index (χ1) is 46.9. The molecule has 0 bridgehead atoms. The Bertz CT molecular complexity index is 1410. The van der Waals surface area contributed by atoms with Gasteiger partial charge in [0, 0.05) is 38.3 Å². The van der Waals surface area contributed by atoms with Crippen LogP contribution in [0.4, 0.5) is 0 Å². The number of carbonyl (C=O) groups is 1. The normalized spacial score (nSPS) is 16.4. The molecule has 1 amide bonds. The lowest BCUT2D eigenvalue weighted by Crippen LogP contribution is -2.64. The van der Waals surface area contributed by atoms with Gasteiger partial charge in [-0.25, -0.2) is 0 Å². The molecule has 6 N–H and O–H groups in total. The molecule has 23 nitrogen and oxygen atoms in total. The van der Waals surface area contributed by atoms with Gasteiger partial charge < -0.3 is 107 Å². The summed E-state index contributed by atoms with van der Waals surface area (Å²) in [6.45, 7) is 16.1. The molecule has 0 aromatic rings. The first kappa shape index (κ1) is 94.7. The van der Waals surface area contributed by atoms with Crippen molar-refractivity contribution in [1.29, 1.82) is 0 Å². The van der Waals surface area contributed by atoms with Gasteiger partial charge in [0.05, 0.1) is 192 Å². The second-order valence-corrected chi connectivity index (χ2v) is 26.8. The molecule has 0 aromatic carbocycles. The van der Waals surface area contributed by atoms with E-state index in [1.54, 1.807) is 0 Å². The molecule has 0 radical (unpaired) electrons. The van der Waals surface area contributed by atoms with Gasteiger partial charge in [-0.05, 0) is 50.5 Å². The van der Waals surface area contributed by atoms with E-state index in [0.717, 1.165) is 39.1 Å². The van der Waals surface area contributed by atoms with Crippen molar-refractivity contribution in [3.05, 3.63) is 0 Å². The van der Waals surface area contributed by atoms with Crippen LogP contribution >= 0.6 is 33.3 Å². The zero-order valence-corrected chi connectivity index (χ0v) is 61.9. The maximum atomic E-state index is 11.4. The van der Waals surface area contributed by atoms with Gasteiger partial charge in [0.25, 0.3) is 0 Å². The lowest BCUT2D eigenvalue weighted by molar-refractivity contribution is -0.272. The summed E-state index contributed by atoms with van der Waals surface area (Å²) in [6, 6.07) is -0.976. The van der Waals surface area contributed by atoms with Crippen LogP contribution in [0.2, 0.25) is 0 Å². The average molecular weight is 1430 g/mol. The molecular formula is C69H139NO22S3. The Hall–Kier alpha value is -0.320. The van der Waals surface area contributed by atoms with Crippen molar-refractivity contribution in [1.82, 2.24) is 5.32 Å². The number of rotatable bonds is 79. The van der Waals surface area contributed by atoms with Crippen LogP contribution in [0.1, 0.15) is 174 Å². The van der Waals surface area contributed by atoms with Crippen LogP contribution in [-0.2, 0) is 80.6 Å². The van der Waals surface area contributed by atoms with Gasteiger partial charge in [0.15, 0.2) is 6.29 Å². The summed E-state index contributed by atoms with van der Waals surface area (Å²) in [5.41, 5.74) is 0. The van der Waals surface area contributed by atoms with E-state index in [9.17, 15) is 20.1 Å². The van der Waals surface area contributed by atoms with Crippen LogP contribution in [0, 0.1) is 0 Å². The lowest BCUT2D eigenvalue weighted by Gasteiger charge is -2.42. The first-order valence-corrected chi connectivity index (χ1v) is 40.4. The van der Waals surface area contributed by atoms with E-state index >= 15 is 0 Å². The SMILES string of the molecule is CSCCCCCCCCCCOCCOCCOCCOCCOCCOCCOC1OC(CO)C(O)C(O)C1NC(C)=O.OCCOCCOCCOCCOCCCCCCCCCCCSSCCCCCCCCCCCOCCOCCOCCOCCO. The molecule has 570 valence electrons. The van der Waals surface area contributed by atoms with Gasteiger partial charge in [-0.3, -0.25) is 4.79 Å². The molecular weight excluding hydrogens is 1290 g/mol. The van der Waals surface area contributed by atoms with Gasteiger partial charge in [0.1, 0.15) is 24.4 Å². The molecule has 0 aliphatic carbocycles. The average Bonchev–Trinajstić information content (AvgIpc) is 0.858. The molecule has 1 heterocycles. The maximum absolute atomic E-state index is 11.4. The molecule has 0 saturated carbocycles. The summed E-state index contributed by atoms with van der Waals surface area (Å²) in [5, 5.41) is 49.3. The highest BCUT2D eigenvalue weighted by atomic mass is 33.1. The highest BCUT2D eigenvalue weighted by Gasteiger charge is 2.45. The van der Waals surface area contributed by atoms with Gasteiger partial charge in [0.2, 0.25) is 5.91 Å². The van der Waals surface area contributed by atoms with Crippen LogP contribution in [0.15, 0.2) is 0 Å². The van der Waals surface area contributed by atoms with Crippen LogP contribution in [0.5, 0.6) is 0 Å². The van der Waals surface area contributed by atoms with Crippen LogP contribution in [0.25, 0.3) is 0 Å². The van der Waals surface area contributed by atoms with Crippen molar-refractivity contribution in [2.75, 3.05) is 235 Å². The smallest absolute Gasteiger partial charge is 0.217 e. The molecule has 26 heteroatoms. The number of nitrogens with one attached hydrogen (secondary N) is 1. The van der Waals surface area contributed by atoms with Gasteiger partial charge in [-0.15, -0.1) is 0 Å². The third kappa shape index (κ3) is 73.2. The summed E-state index contributed by atoms with van der Waals surface area (Å²) in [7, 11) is 4.17. The molecule has 1 rings (SSSR count). The fraction of sp³-hybridized carbons (Fsp3) is 0.986. The number of aliphatic hydroxyl groups excluding tert-OH is 5.